The topological polar surface area (TPSA) is 68.3 Å². The number of fused-ring (bicyclic) bond motifs is 1. The van der Waals surface area contributed by atoms with Crippen molar-refractivity contribution in [2.45, 2.75) is 18.9 Å². The van der Waals surface area contributed by atoms with Gasteiger partial charge in [0.15, 0.2) is 0 Å². The normalized spacial score (nSPS) is 15.3. The van der Waals surface area contributed by atoms with Gasteiger partial charge in [-0.2, -0.15) is 0 Å². The summed E-state index contributed by atoms with van der Waals surface area (Å²) in [5.74, 6) is -0.167. The summed E-state index contributed by atoms with van der Waals surface area (Å²) >= 11 is 1.67. The van der Waals surface area contributed by atoms with Crippen molar-refractivity contribution >= 4 is 23.2 Å². The number of hydrogen-bond acceptors (Lipinski definition) is 6. The smallest absolute Gasteiger partial charge is 0.249 e. The van der Waals surface area contributed by atoms with Crippen LogP contribution in [0.1, 0.15) is 22.9 Å². The Morgan fingerprint density at radius 2 is 1.97 bits per heavy atom. The minimum atomic E-state index is -0.332. The van der Waals surface area contributed by atoms with Gasteiger partial charge in [0.1, 0.15) is 24.8 Å². The summed E-state index contributed by atoms with van der Waals surface area (Å²) in [6.07, 6.45) is 1.40. The largest absolute Gasteiger partial charge is 0.491 e. The molecule has 1 aromatic carbocycles. The van der Waals surface area contributed by atoms with Crippen molar-refractivity contribution in [1.82, 2.24) is 9.80 Å². The van der Waals surface area contributed by atoms with Gasteiger partial charge in [0, 0.05) is 38.8 Å². The molecule has 0 unspecified atom stereocenters. The number of carbonyl (C=O) groups excluding carboxylic acids is 2. The van der Waals surface area contributed by atoms with Gasteiger partial charge in [-0.15, -0.1) is 11.3 Å². The van der Waals surface area contributed by atoms with Gasteiger partial charge in [0.25, 0.3) is 0 Å². The second-order valence-electron chi connectivity index (χ2n) is 7.51. The SMILES string of the molecule is COCCCN(CC(=O)N1CCc2sccc2[C@H]1COc1ccc(F)cc1)C(=O)COC. The number of benzene rings is 1. The maximum Gasteiger partial charge on any atom is 0.249 e. The average Bonchev–Trinajstić information content (AvgIpc) is 3.27. The Hall–Kier alpha value is -2.49. The first kappa shape index (κ1) is 24.2. The molecule has 0 saturated heterocycles. The second-order valence-corrected chi connectivity index (χ2v) is 8.51. The van der Waals surface area contributed by atoms with E-state index in [-0.39, 0.29) is 43.4 Å². The highest BCUT2D eigenvalue weighted by Gasteiger charge is 2.33. The van der Waals surface area contributed by atoms with Gasteiger partial charge in [-0.25, -0.2) is 4.39 Å². The lowest BCUT2D eigenvalue weighted by molar-refractivity contribution is -0.144. The highest BCUT2D eigenvalue weighted by atomic mass is 32.1. The Kier molecular flexibility index (Phi) is 9.01. The summed E-state index contributed by atoms with van der Waals surface area (Å²) in [6, 6.07) is 7.56. The van der Waals surface area contributed by atoms with Crippen LogP contribution < -0.4 is 4.74 Å². The number of halogens is 1. The van der Waals surface area contributed by atoms with Crippen molar-refractivity contribution in [3.05, 3.63) is 52.0 Å². The fourth-order valence-corrected chi connectivity index (χ4v) is 4.67. The maximum absolute atomic E-state index is 13.3. The van der Waals surface area contributed by atoms with Crippen LogP contribution in [0.15, 0.2) is 35.7 Å². The van der Waals surface area contributed by atoms with Gasteiger partial charge in [0.2, 0.25) is 11.8 Å². The van der Waals surface area contributed by atoms with Gasteiger partial charge < -0.3 is 24.0 Å². The molecule has 1 aliphatic rings. The fraction of sp³-hybridized carbons (Fsp3) is 0.478. The number of thiophene rings is 1. The molecule has 9 heteroatoms. The molecule has 7 nitrogen and oxygen atoms in total. The van der Waals surface area contributed by atoms with E-state index in [0.29, 0.717) is 31.9 Å². The fourth-order valence-electron chi connectivity index (χ4n) is 3.74. The van der Waals surface area contributed by atoms with Gasteiger partial charge in [-0.1, -0.05) is 0 Å². The Labute approximate surface area is 191 Å². The van der Waals surface area contributed by atoms with E-state index in [2.05, 4.69) is 0 Å². The van der Waals surface area contributed by atoms with Crippen LogP contribution in [0.4, 0.5) is 4.39 Å². The zero-order valence-corrected chi connectivity index (χ0v) is 19.2. The molecule has 0 radical (unpaired) electrons. The minimum absolute atomic E-state index is 0.0293. The van der Waals surface area contributed by atoms with Crippen LogP contribution in [0.25, 0.3) is 0 Å². The molecule has 1 aromatic heterocycles. The van der Waals surface area contributed by atoms with Gasteiger partial charge in [-0.3, -0.25) is 9.59 Å². The van der Waals surface area contributed by atoms with Gasteiger partial charge in [-0.05, 0) is 54.1 Å². The first-order valence-electron chi connectivity index (χ1n) is 10.5. The summed E-state index contributed by atoms with van der Waals surface area (Å²) in [5, 5.41) is 2.02. The van der Waals surface area contributed by atoms with Crippen LogP contribution >= 0.6 is 11.3 Å². The third-order valence-corrected chi connectivity index (χ3v) is 6.36. The number of methoxy groups -OCH3 is 2. The van der Waals surface area contributed by atoms with E-state index >= 15 is 0 Å². The molecular weight excluding hydrogens is 435 g/mol. The third-order valence-electron chi connectivity index (χ3n) is 5.36. The molecule has 2 heterocycles. The lowest BCUT2D eigenvalue weighted by Gasteiger charge is -2.37. The number of nitrogens with zero attached hydrogens (tertiary/aromatic N) is 2. The lowest BCUT2D eigenvalue weighted by Crippen LogP contribution is -2.48. The highest BCUT2D eigenvalue weighted by molar-refractivity contribution is 7.10. The van der Waals surface area contributed by atoms with Gasteiger partial charge >= 0.3 is 0 Å². The summed E-state index contributed by atoms with van der Waals surface area (Å²) in [5.41, 5.74) is 1.06. The van der Waals surface area contributed by atoms with Crippen LogP contribution in [0.3, 0.4) is 0 Å². The standard InChI is InChI=1S/C23H29FN2O5S/c1-29-12-3-10-25(23(28)16-30-2)14-22(27)26-11-8-21-19(9-13-32-21)20(26)15-31-18-6-4-17(24)5-7-18/h4-7,9,13,20H,3,8,10-12,14-16H2,1-2H3/t20-/m1/s1. The molecule has 0 bridgehead atoms. The molecule has 0 spiro atoms. The molecule has 174 valence electrons. The van der Waals surface area contributed by atoms with E-state index in [1.54, 1.807) is 35.5 Å². The molecular formula is C23H29FN2O5S. The van der Waals surface area contributed by atoms with Crippen molar-refractivity contribution in [1.29, 1.82) is 0 Å². The van der Waals surface area contributed by atoms with Crippen molar-refractivity contribution in [2.24, 2.45) is 0 Å². The van der Waals surface area contributed by atoms with Crippen LogP contribution in [0.5, 0.6) is 5.75 Å². The van der Waals surface area contributed by atoms with Crippen molar-refractivity contribution < 1.29 is 28.2 Å². The quantitative estimate of drug-likeness (QED) is 0.479. The minimum Gasteiger partial charge on any atom is -0.491 e. The predicted molar refractivity (Wildman–Crippen MR) is 119 cm³/mol. The Bertz CT molecular complexity index is 889. The molecule has 1 atom stereocenters. The summed E-state index contributed by atoms with van der Waals surface area (Å²) in [6.45, 7) is 1.60. The first-order valence-corrected chi connectivity index (χ1v) is 11.4. The summed E-state index contributed by atoms with van der Waals surface area (Å²) < 4.78 is 29.2. The molecule has 2 aromatic rings. The van der Waals surface area contributed by atoms with Crippen LogP contribution in [0, 0.1) is 5.82 Å². The average molecular weight is 465 g/mol. The Morgan fingerprint density at radius 3 is 2.69 bits per heavy atom. The monoisotopic (exact) mass is 464 g/mol. The number of ether oxygens (including phenoxy) is 3. The van der Waals surface area contributed by atoms with E-state index in [1.165, 1.54) is 29.0 Å². The van der Waals surface area contributed by atoms with Crippen molar-refractivity contribution in [3.63, 3.8) is 0 Å². The number of amides is 2. The molecule has 3 rings (SSSR count). The summed E-state index contributed by atoms with van der Waals surface area (Å²) in [7, 11) is 3.06. The molecule has 0 fully saturated rings. The molecule has 2 amide bonds. The molecule has 0 aliphatic carbocycles. The van der Waals surface area contributed by atoms with Crippen molar-refractivity contribution in [2.75, 3.05) is 53.7 Å². The highest BCUT2D eigenvalue weighted by Crippen LogP contribution is 2.34. The van der Waals surface area contributed by atoms with E-state index in [1.807, 2.05) is 11.4 Å². The van der Waals surface area contributed by atoms with E-state index in [0.717, 1.165) is 12.0 Å². The first-order chi connectivity index (χ1) is 15.5. The Morgan fingerprint density at radius 1 is 1.19 bits per heavy atom. The van der Waals surface area contributed by atoms with E-state index in [4.69, 9.17) is 14.2 Å². The number of hydrogen-bond donors (Lipinski definition) is 0. The molecule has 32 heavy (non-hydrogen) atoms. The zero-order valence-electron chi connectivity index (χ0n) is 18.4. The number of carbonyl (C=O) groups is 2. The maximum atomic E-state index is 13.3. The summed E-state index contributed by atoms with van der Waals surface area (Å²) in [4.78, 5) is 30.3. The molecule has 1 aliphatic heterocycles. The molecule has 0 N–H and O–H groups in total. The Balaban J connectivity index is 1.72. The molecule has 0 saturated carbocycles. The van der Waals surface area contributed by atoms with Crippen LogP contribution in [-0.4, -0.2) is 75.3 Å². The van der Waals surface area contributed by atoms with Crippen molar-refractivity contribution in [3.8, 4) is 5.75 Å². The van der Waals surface area contributed by atoms with Crippen LogP contribution in [-0.2, 0) is 25.5 Å². The zero-order chi connectivity index (χ0) is 22.9. The second kappa shape index (κ2) is 11.9. The van der Waals surface area contributed by atoms with Crippen LogP contribution in [0.2, 0.25) is 0 Å². The van der Waals surface area contributed by atoms with E-state index in [9.17, 15) is 14.0 Å². The van der Waals surface area contributed by atoms with Gasteiger partial charge in [0.05, 0.1) is 12.6 Å². The lowest BCUT2D eigenvalue weighted by atomic mass is 10.0. The van der Waals surface area contributed by atoms with E-state index < -0.39 is 0 Å². The third kappa shape index (κ3) is 6.27. The predicted octanol–water partition coefficient (Wildman–Crippen LogP) is 2.90. The number of rotatable bonds is 11.